The van der Waals surface area contributed by atoms with Crippen molar-refractivity contribution in [1.29, 1.82) is 0 Å². The third kappa shape index (κ3) is 4.46. The van der Waals surface area contributed by atoms with Crippen molar-refractivity contribution in [3.63, 3.8) is 0 Å². The molecular weight excluding hydrogens is 653 g/mol. The third-order valence-corrected chi connectivity index (χ3v) is 6.90. The molecular formula is C32H28N3O2Pt-. The third-order valence-electron chi connectivity index (χ3n) is 6.90. The van der Waals surface area contributed by atoms with Gasteiger partial charge in [0, 0.05) is 50.0 Å². The van der Waals surface area contributed by atoms with Crippen LogP contribution in [0.3, 0.4) is 0 Å². The van der Waals surface area contributed by atoms with Crippen LogP contribution in [0.5, 0.6) is 17.4 Å². The predicted molar refractivity (Wildman–Crippen MR) is 149 cm³/mol. The molecule has 0 saturated heterocycles. The summed E-state index contributed by atoms with van der Waals surface area (Å²) in [5.41, 5.74) is 4.58. The maximum Gasteiger partial charge on any atom is 0.217 e. The summed E-state index contributed by atoms with van der Waals surface area (Å²) in [4.78, 5) is 9.34. The van der Waals surface area contributed by atoms with Crippen LogP contribution in [0.1, 0.15) is 50.7 Å². The zero-order chi connectivity index (χ0) is 25.7. The molecule has 0 bridgehead atoms. The number of pyridine rings is 2. The van der Waals surface area contributed by atoms with Gasteiger partial charge in [0.05, 0.1) is 0 Å². The molecule has 6 rings (SSSR count). The minimum atomic E-state index is 0. The maximum atomic E-state index is 10.8. The van der Waals surface area contributed by atoms with Crippen LogP contribution in [0.15, 0.2) is 79.0 Å². The van der Waals surface area contributed by atoms with Crippen LogP contribution in [-0.4, -0.2) is 19.6 Å². The molecule has 0 atom stereocenters. The number of phenolic OH excluding ortho intramolecular Hbond substituents is 1. The van der Waals surface area contributed by atoms with Crippen molar-refractivity contribution >= 4 is 32.7 Å². The van der Waals surface area contributed by atoms with Crippen LogP contribution in [0.4, 0.5) is 0 Å². The van der Waals surface area contributed by atoms with E-state index in [4.69, 9.17) is 9.72 Å². The van der Waals surface area contributed by atoms with Gasteiger partial charge in [-0.25, -0.2) is 9.97 Å². The number of hydrogen-bond donors (Lipinski definition) is 1. The van der Waals surface area contributed by atoms with Gasteiger partial charge in [0.25, 0.3) is 0 Å². The topological polar surface area (TPSA) is 60.2 Å². The van der Waals surface area contributed by atoms with Crippen LogP contribution >= 0.6 is 0 Å². The van der Waals surface area contributed by atoms with Crippen molar-refractivity contribution in [3.05, 3.63) is 96.2 Å². The minimum absolute atomic E-state index is 0. The van der Waals surface area contributed by atoms with Crippen molar-refractivity contribution in [2.75, 3.05) is 0 Å². The molecule has 194 valence electrons. The molecule has 0 aliphatic rings. The Morgan fingerprint density at radius 3 is 2.45 bits per heavy atom. The molecule has 6 aromatic rings. The average molecular weight is 682 g/mol. The van der Waals surface area contributed by atoms with Crippen LogP contribution < -0.4 is 4.74 Å². The zero-order valence-corrected chi connectivity index (χ0v) is 23.9. The number of aromatic nitrogens is 3. The Labute approximate surface area is 236 Å². The first-order valence-electron chi connectivity index (χ1n) is 12.6. The number of aromatic hydroxyl groups is 1. The standard InChI is InChI=1S/C32H28N3O2.Pt/c1-19(2)22-15-16-33-29(17-22)35-27-8-6-5-7-25(27)26-13-11-23(18-28(26)35)37-30-14-10-21-9-12-24(20(3)4)32(36)31(21)34-30;/h5-17,19-20,36H,1-4H3;/q-1;. The van der Waals surface area contributed by atoms with Crippen molar-refractivity contribution in [1.82, 2.24) is 14.5 Å². The number of ether oxygens (including phenoxy) is 1. The summed E-state index contributed by atoms with van der Waals surface area (Å²) >= 11 is 0. The summed E-state index contributed by atoms with van der Waals surface area (Å²) in [6, 6.07) is 27.6. The maximum absolute atomic E-state index is 10.8. The number of hydrogen-bond acceptors (Lipinski definition) is 4. The van der Waals surface area contributed by atoms with Crippen LogP contribution in [0, 0.1) is 6.07 Å². The Bertz CT molecular complexity index is 1790. The Kier molecular flexibility index (Phi) is 6.98. The quantitative estimate of drug-likeness (QED) is 0.186. The van der Waals surface area contributed by atoms with Crippen molar-refractivity contribution < 1.29 is 30.9 Å². The first-order valence-corrected chi connectivity index (χ1v) is 12.6. The first-order chi connectivity index (χ1) is 17.9. The molecule has 0 amide bonds. The summed E-state index contributed by atoms with van der Waals surface area (Å²) in [6.07, 6.45) is 1.86. The van der Waals surface area contributed by atoms with Gasteiger partial charge in [-0.15, -0.1) is 17.5 Å². The normalized spacial score (nSPS) is 11.5. The van der Waals surface area contributed by atoms with Gasteiger partial charge in [-0.2, -0.15) is 6.07 Å². The van der Waals surface area contributed by atoms with Gasteiger partial charge in [-0.05, 0) is 52.6 Å². The first kappa shape index (κ1) is 25.9. The van der Waals surface area contributed by atoms with Gasteiger partial charge in [0.2, 0.25) is 5.88 Å². The van der Waals surface area contributed by atoms with E-state index in [1.165, 1.54) is 5.56 Å². The van der Waals surface area contributed by atoms with Crippen LogP contribution in [0.2, 0.25) is 0 Å². The van der Waals surface area contributed by atoms with E-state index in [9.17, 15) is 5.11 Å². The minimum Gasteiger partial charge on any atom is -0.505 e. The number of phenols is 1. The fraction of sp³-hybridized carbons (Fsp3) is 0.188. The van der Waals surface area contributed by atoms with Gasteiger partial charge in [-0.3, -0.25) is 0 Å². The van der Waals surface area contributed by atoms with Gasteiger partial charge in [-0.1, -0.05) is 63.5 Å². The molecule has 0 aliphatic heterocycles. The number of benzene rings is 3. The van der Waals surface area contributed by atoms with Gasteiger partial charge >= 0.3 is 0 Å². The molecule has 3 aromatic carbocycles. The van der Waals surface area contributed by atoms with Crippen molar-refractivity contribution in [3.8, 4) is 23.2 Å². The molecule has 0 unspecified atom stereocenters. The Morgan fingerprint density at radius 2 is 1.66 bits per heavy atom. The van der Waals surface area contributed by atoms with E-state index in [1.54, 1.807) is 0 Å². The van der Waals surface area contributed by atoms with E-state index in [-0.39, 0.29) is 32.7 Å². The van der Waals surface area contributed by atoms with Crippen molar-refractivity contribution in [2.24, 2.45) is 0 Å². The van der Waals surface area contributed by atoms with E-state index in [0.29, 0.717) is 23.1 Å². The molecule has 5 nitrogen and oxygen atoms in total. The van der Waals surface area contributed by atoms with E-state index in [1.807, 2.05) is 48.7 Å². The number of fused-ring (bicyclic) bond motifs is 4. The fourth-order valence-corrected chi connectivity index (χ4v) is 4.89. The second kappa shape index (κ2) is 10.2. The average Bonchev–Trinajstić information content (AvgIpc) is 3.22. The number of rotatable bonds is 5. The molecule has 6 heteroatoms. The van der Waals surface area contributed by atoms with Gasteiger partial charge in [0.15, 0.2) is 0 Å². The molecule has 0 radical (unpaired) electrons. The van der Waals surface area contributed by atoms with E-state index in [2.05, 4.69) is 73.6 Å². The summed E-state index contributed by atoms with van der Waals surface area (Å²) < 4.78 is 8.32. The largest absolute Gasteiger partial charge is 0.505 e. The van der Waals surface area contributed by atoms with Gasteiger partial charge in [0.1, 0.15) is 17.1 Å². The molecule has 38 heavy (non-hydrogen) atoms. The summed E-state index contributed by atoms with van der Waals surface area (Å²) in [6.45, 7) is 8.47. The molecule has 0 fully saturated rings. The monoisotopic (exact) mass is 681 g/mol. The second-order valence-electron chi connectivity index (χ2n) is 10.0. The Morgan fingerprint density at radius 1 is 0.868 bits per heavy atom. The second-order valence-corrected chi connectivity index (χ2v) is 10.0. The number of para-hydroxylation sites is 1. The molecule has 0 spiro atoms. The van der Waals surface area contributed by atoms with E-state index >= 15 is 0 Å². The summed E-state index contributed by atoms with van der Waals surface area (Å²) in [5.74, 6) is 2.58. The fourth-order valence-electron chi connectivity index (χ4n) is 4.89. The zero-order valence-electron chi connectivity index (χ0n) is 21.7. The smallest absolute Gasteiger partial charge is 0.217 e. The molecule has 3 heterocycles. The van der Waals surface area contributed by atoms with Crippen molar-refractivity contribution in [2.45, 2.75) is 39.5 Å². The molecule has 1 N–H and O–H groups in total. The molecule has 0 saturated carbocycles. The van der Waals surface area contributed by atoms with Crippen LogP contribution in [0.25, 0.3) is 38.5 Å². The summed E-state index contributed by atoms with van der Waals surface area (Å²) in [7, 11) is 0. The SMILES string of the molecule is CC(C)c1ccnc(-n2c3[c-]c(Oc4ccc5ccc(C(C)C)c(O)c5n4)ccc3c3ccccc32)c1.[Pt]. The molecule has 0 aliphatic carbocycles. The van der Waals surface area contributed by atoms with E-state index < -0.39 is 0 Å². The summed E-state index contributed by atoms with van der Waals surface area (Å²) in [5, 5.41) is 13.9. The Balaban J connectivity index is 0.00000294. The Hall–Kier alpha value is -3.69. The van der Waals surface area contributed by atoms with Crippen LogP contribution in [-0.2, 0) is 21.1 Å². The molecule has 3 aromatic heterocycles. The predicted octanol–water partition coefficient (Wildman–Crippen LogP) is 8.27. The van der Waals surface area contributed by atoms with Gasteiger partial charge < -0.3 is 14.4 Å². The van der Waals surface area contributed by atoms with E-state index in [0.717, 1.165) is 38.6 Å². The number of nitrogens with zero attached hydrogens (tertiary/aromatic N) is 3.